The SMILES string of the molecule is CCCNC(=O)[C@H]1[C@H]2C(=O)N(CCCO)C(C(=O)Nc3ccc4ccccc4c3)C23CC[C@]1(C)O3. The van der Waals surface area contributed by atoms with Crippen LogP contribution in [-0.2, 0) is 19.1 Å². The van der Waals surface area contributed by atoms with Crippen molar-refractivity contribution in [3.8, 4) is 0 Å². The van der Waals surface area contributed by atoms with Crippen molar-refractivity contribution in [2.24, 2.45) is 11.8 Å². The van der Waals surface area contributed by atoms with Crippen LogP contribution in [0.4, 0.5) is 5.69 Å². The van der Waals surface area contributed by atoms with Crippen molar-refractivity contribution in [2.75, 3.05) is 25.0 Å². The van der Waals surface area contributed by atoms with Gasteiger partial charge in [0.05, 0.1) is 17.4 Å². The number of aliphatic hydroxyl groups is 1. The lowest BCUT2D eigenvalue weighted by Crippen LogP contribution is -2.53. The van der Waals surface area contributed by atoms with E-state index in [1.807, 2.05) is 56.3 Å². The zero-order chi connectivity index (χ0) is 24.8. The molecule has 1 spiro atoms. The summed E-state index contributed by atoms with van der Waals surface area (Å²) in [6.45, 7) is 4.52. The Bertz CT molecular complexity index is 1170. The number of amides is 3. The normalized spacial score (nSPS) is 31.1. The van der Waals surface area contributed by atoms with E-state index in [0.29, 0.717) is 31.5 Å². The van der Waals surface area contributed by atoms with Crippen molar-refractivity contribution < 1.29 is 24.2 Å². The second-order valence-corrected chi connectivity index (χ2v) is 10.2. The van der Waals surface area contributed by atoms with Crippen molar-refractivity contribution in [3.63, 3.8) is 0 Å². The molecule has 8 nitrogen and oxygen atoms in total. The van der Waals surface area contributed by atoms with E-state index in [-0.39, 0.29) is 30.9 Å². The molecule has 35 heavy (non-hydrogen) atoms. The van der Waals surface area contributed by atoms with Gasteiger partial charge in [-0.15, -0.1) is 0 Å². The van der Waals surface area contributed by atoms with Gasteiger partial charge in [0, 0.05) is 25.4 Å². The van der Waals surface area contributed by atoms with Crippen LogP contribution in [-0.4, -0.2) is 64.7 Å². The van der Waals surface area contributed by atoms with E-state index in [1.54, 1.807) is 0 Å². The Balaban J connectivity index is 1.49. The summed E-state index contributed by atoms with van der Waals surface area (Å²) in [4.78, 5) is 42.3. The highest BCUT2D eigenvalue weighted by molar-refractivity contribution is 6.04. The quantitative estimate of drug-likeness (QED) is 0.539. The van der Waals surface area contributed by atoms with Gasteiger partial charge in [0.2, 0.25) is 17.7 Å². The zero-order valence-corrected chi connectivity index (χ0v) is 20.3. The van der Waals surface area contributed by atoms with Crippen LogP contribution >= 0.6 is 0 Å². The lowest BCUT2D eigenvalue weighted by molar-refractivity contribution is -0.144. The van der Waals surface area contributed by atoms with Crippen molar-refractivity contribution >= 4 is 34.2 Å². The number of ether oxygens (including phenoxy) is 1. The number of rotatable bonds is 8. The number of aliphatic hydroxyl groups excluding tert-OH is 1. The van der Waals surface area contributed by atoms with Crippen LogP contribution < -0.4 is 10.6 Å². The molecule has 0 saturated carbocycles. The predicted octanol–water partition coefficient (Wildman–Crippen LogP) is 2.45. The Morgan fingerprint density at radius 2 is 1.91 bits per heavy atom. The minimum atomic E-state index is -1.06. The molecule has 3 saturated heterocycles. The number of fused-ring (bicyclic) bond motifs is 2. The van der Waals surface area contributed by atoms with Crippen LogP contribution in [0.5, 0.6) is 0 Å². The molecule has 3 aliphatic rings. The molecule has 3 N–H and O–H groups in total. The largest absolute Gasteiger partial charge is 0.396 e. The molecule has 3 amide bonds. The van der Waals surface area contributed by atoms with Gasteiger partial charge in [0.25, 0.3) is 0 Å². The van der Waals surface area contributed by atoms with Gasteiger partial charge in [-0.1, -0.05) is 37.3 Å². The molecule has 3 fully saturated rings. The maximum Gasteiger partial charge on any atom is 0.250 e. The first-order chi connectivity index (χ1) is 16.8. The van der Waals surface area contributed by atoms with E-state index >= 15 is 0 Å². The van der Waals surface area contributed by atoms with Gasteiger partial charge in [-0.05, 0) is 55.5 Å². The number of hydrogen-bond donors (Lipinski definition) is 3. The third-order valence-electron chi connectivity index (χ3n) is 7.93. The smallest absolute Gasteiger partial charge is 0.250 e. The van der Waals surface area contributed by atoms with E-state index in [9.17, 15) is 19.5 Å². The van der Waals surface area contributed by atoms with Crippen molar-refractivity contribution in [1.29, 1.82) is 0 Å². The molecule has 5 rings (SSSR count). The van der Waals surface area contributed by atoms with Crippen LogP contribution in [0.25, 0.3) is 10.8 Å². The molecule has 8 heteroatoms. The minimum Gasteiger partial charge on any atom is -0.396 e. The maximum absolute atomic E-state index is 13.8. The highest BCUT2D eigenvalue weighted by Gasteiger charge is 2.77. The monoisotopic (exact) mass is 479 g/mol. The van der Waals surface area contributed by atoms with Crippen LogP contribution in [0.15, 0.2) is 42.5 Å². The molecule has 2 unspecified atom stereocenters. The zero-order valence-electron chi connectivity index (χ0n) is 20.3. The van der Waals surface area contributed by atoms with E-state index in [2.05, 4.69) is 10.6 Å². The summed E-state index contributed by atoms with van der Waals surface area (Å²) in [7, 11) is 0. The number of nitrogens with zero attached hydrogens (tertiary/aromatic N) is 1. The average Bonchev–Trinajstić information content (AvgIpc) is 3.41. The first-order valence-corrected chi connectivity index (χ1v) is 12.5. The molecule has 3 aliphatic heterocycles. The Kier molecular flexibility index (Phi) is 6.05. The molecule has 0 aromatic heterocycles. The lowest BCUT2D eigenvalue weighted by atomic mass is 9.66. The minimum absolute atomic E-state index is 0.0978. The third kappa shape index (κ3) is 3.70. The van der Waals surface area contributed by atoms with Crippen molar-refractivity contribution in [3.05, 3.63) is 42.5 Å². The number of likely N-dealkylation sites (tertiary alicyclic amines) is 1. The fraction of sp³-hybridized carbons (Fsp3) is 0.519. The number of carbonyl (C=O) groups excluding carboxylic acids is 3. The first-order valence-electron chi connectivity index (χ1n) is 12.5. The number of nitrogens with one attached hydrogen (secondary N) is 2. The Labute approximate surface area is 205 Å². The number of anilines is 1. The summed E-state index contributed by atoms with van der Waals surface area (Å²) in [5.41, 5.74) is -1.21. The van der Waals surface area contributed by atoms with Gasteiger partial charge in [-0.2, -0.15) is 0 Å². The number of carbonyl (C=O) groups is 3. The van der Waals surface area contributed by atoms with Crippen LogP contribution in [0.1, 0.15) is 39.5 Å². The van der Waals surface area contributed by atoms with E-state index < -0.39 is 29.1 Å². The lowest BCUT2D eigenvalue weighted by Gasteiger charge is -2.33. The Hall–Kier alpha value is -2.97. The fourth-order valence-electron chi connectivity index (χ4n) is 6.44. The third-order valence-corrected chi connectivity index (χ3v) is 7.93. The van der Waals surface area contributed by atoms with Gasteiger partial charge in [-0.25, -0.2) is 0 Å². The van der Waals surface area contributed by atoms with Crippen LogP contribution in [0, 0.1) is 11.8 Å². The van der Waals surface area contributed by atoms with Gasteiger partial charge >= 0.3 is 0 Å². The summed E-state index contributed by atoms with van der Waals surface area (Å²) >= 11 is 0. The van der Waals surface area contributed by atoms with Crippen LogP contribution in [0.3, 0.4) is 0 Å². The fourth-order valence-corrected chi connectivity index (χ4v) is 6.44. The molecule has 0 aliphatic carbocycles. The number of hydrogen-bond acceptors (Lipinski definition) is 5. The van der Waals surface area contributed by atoms with Crippen LogP contribution in [0.2, 0.25) is 0 Å². The van der Waals surface area contributed by atoms with E-state index in [4.69, 9.17) is 4.74 Å². The maximum atomic E-state index is 13.8. The number of benzene rings is 2. The standard InChI is InChI=1S/C27H33N3O5/c1-3-13-28-23(32)20-21-25(34)30(14-6-15-31)22(27(21)12-11-26(20,2)35-27)24(33)29-19-10-9-17-7-4-5-8-18(17)16-19/h4-5,7-10,16,20-22,31H,3,6,11-15H2,1-2H3,(H,28,32)(H,29,33)/t20-,21+,22?,26+,27?/m1/s1. The molecule has 0 radical (unpaired) electrons. The van der Waals surface area contributed by atoms with Crippen molar-refractivity contribution in [2.45, 2.75) is 56.8 Å². The first kappa shape index (κ1) is 23.8. The predicted molar refractivity (Wildman–Crippen MR) is 132 cm³/mol. The van der Waals surface area contributed by atoms with Gasteiger partial charge < -0.3 is 25.4 Å². The summed E-state index contributed by atoms with van der Waals surface area (Å²) < 4.78 is 6.56. The second kappa shape index (κ2) is 8.91. The molecule has 5 atom stereocenters. The second-order valence-electron chi connectivity index (χ2n) is 10.2. The van der Waals surface area contributed by atoms with E-state index in [1.165, 1.54) is 4.90 Å². The molecule has 2 aromatic carbocycles. The Morgan fingerprint density at radius 3 is 2.66 bits per heavy atom. The summed E-state index contributed by atoms with van der Waals surface area (Å²) in [6.07, 6.45) is 2.27. The van der Waals surface area contributed by atoms with Crippen molar-refractivity contribution in [1.82, 2.24) is 10.2 Å². The summed E-state index contributed by atoms with van der Waals surface area (Å²) in [5.74, 6) is -2.12. The molecular weight excluding hydrogens is 446 g/mol. The topological polar surface area (TPSA) is 108 Å². The molecule has 2 bridgehead atoms. The molecule has 186 valence electrons. The summed E-state index contributed by atoms with van der Waals surface area (Å²) in [6, 6.07) is 12.7. The Morgan fingerprint density at radius 1 is 1.14 bits per heavy atom. The molecule has 2 aromatic rings. The van der Waals surface area contributed by atoms with Gasteiger partial charge in [0.1, 0.15) is 11.6 Å². The average molecular weight is 480 g/mol. The summed E-state index contributed by atoms with van der Waals surface area (Å²) in [5, 5.41) is 17.5. The van der Waals surface area contributed by atoms with Gasteiger partial charge in [-0.3, -0.25) is 14.4 Å². The van der Waals surface area contributed by atoms with Gasteiger partial charge in [0.15, 0.2) is 0 Å². The highest BCUT2D eigenvalue weighted by Crippen LogP contribution is 2.63. The molecule has 3 heterocycles. The van der Waals surface area contributed by atoms with E-state index in [0.717, 1.165) is 17.2 Å². The highest BCUT2D eigenvalue weighted by atomic mass is 16.5. The molecular formula is C27H33N3O5.